The molecule has 6 nitrogen and oxygen atoms in total. The molecule has 1 saturated heterocycles. The number of anilines is 1. The first kappa shape index (κ1) is 21.5. The average Bonchev–Trinajstić information content (AvgIpc) is 2.70. The Morgan fingerprint density at radius 1 is 1.17 bits per heavy atom. The average molecular weight is 433 g/mol. The minimum atomic E-state index is -0.505. The van der Waals surface area contributed by atoms with Crippen molar-refractivity contribution < 1.29 is 9.59 Å². The highest BCUT2D eigenvalue weighted by Crippen LogP contribution is 2.33. The van der Waals surface area contributed by atoms with Crippen LogP contribution in [0.5, 0.6) is 0 Å². The quantitative estimate of drug-likeness (QED) is 0.620. The Bertz CT molecular complexity index is 847. The zero-order chi connectivity index (χ0) is 20.6. The molecule has 3 rings (SSSR count). The Balaban J connectivity index is 1.56. The molecule has 2 aromatic carbocycles. The lowest BCUT2D eigenvalue weighted by molar-refractivity contribution is -0.117. The van der Waals surface area contributed by atoms with Gasteiger partial charge in [-0.05, 0) is 61.7 Å². The maximum absolute atomic E-state index is 12.6. The van der Waals surface area contributed by atoms with Crippen LogP contribution in [-0.2, 0) is 4.79 Å². The van der Waals surface area contributed by atoms with Crippen molar-refractivity contribution in [1.82, 2.24) is 10.2 Å². The van der Waals surface area contributed by atoms with Crippen LogP contribution in [0.25, 0.3) is 0 Å². The number of halogens is 1. The van der Waals surface area contributed by atoms with Gasteiger partial charge in [-0.2, -0.15) is 0 Å². The lowest BCUT2D eigenvalue weighted by atomic mass is 9.98. The largest absolute Gasteiger partial charge is 0.352 e. The Hall–Kier alpha value is -2.22. The van der Waals surface area contributed by atoms with Crippen molar-refractivity contribution in [3.8, 4) is 0 Å². The van der Waals surface area contributed by atoms with Crippen LogP contribution in [0.1, 0.15) is 12.8 Å². The van der Waals surface area contributed by atoms with Crippen molar-refractivity contribution in [2.24, 2.45) is 11.7 Å². The smallest absolute Gasteiger partial charge is 0.312 e. The third-order valence-corrected chi connectivity index (χ3v) is 6.07. The van der Waals surface area contributed by atoms with Crippen molar-refractivity contribution in [3.63, 3.8) is 0 Å². The fourth-order valence-electron chi connectivity index (χ4n) is 3.39. The van der Waals surface area contributed by atoms with Crippen LogP contribution >= 0.6 is 23.4 Å². The lowest BCUT2D eigenvalue weighted by Crippen LogP contribution is -2.44. The van der Waals surface area contributed by atoms with Crippen LogP contribution in [0.15, 0.2) is 58.3 Å². The topological polar surface area (TPSA) is 87.5 Å². The van der Waals surface area contributed by atoms with Crippen LogP contribution < -0.4 is 16.4 Å². The number of hydrogen-bond acceptors (Lipinski definition) is 4. The zero-order valence-electron chi connectivity index (χ0n) is 16.1. The van der Waals surface area contributed by atoms with Gasteiger partial charge < -0.3 is 16.4 Å². The molecule has 4 N–H and O–H groups in total. The van der Waals surface area contributed by atoms with Crippen LogP contribution in [0.3, 0.4) is 0 Å². The highest BCUT2D eigenvalue weighted by atomic mass is 35.5. The van der Waals surface area contributed by atoms with Crippen LogP contribution in [0, 0.1) is 5.92 Å². The number of benzene rings is 2. The van der Waals surface area contributed by atoms with Gasteiger partial charge >= 0.3 is 6.03 Å². The Morgan fingerprint density at radius 3 is 2.69 bits per heavy atom. The molecule has 0 unspecified atom stereocenters. The van der Waals surface area contributed by atoms with E-state index < -0.39 is 6.03 Å². The third kappa shape index (κ3) is 6.96. The highest BCUT2D eigenvalue weighted by Gasteiger charge is 2.22. The van der Waals surface area contributed by atoms with E-state index in [2.05, 4.69) is 15.5 Å². The molecule has 8 heteroatoms. The summed E-state index contributed by atoms with van der Waals surface area (Å²) in [6.45, 7) is 2.53. The van der Waals surface area contributed by atoms with Crippen molar-refractivity contribution in [2.75, 3.05) is 31.5 Å². The van der Waals surface area contributed by atoms with Gasteiger partial charge in [-0.25, -0.2) is 4.79 Å². The number of rotatable bonds is 7. The third-order valence-electron chi connectivity index (χ3n) is 4.74. The van der Waals surface area contributed by atoms with Gasteiger partial charge in [0.2, 0.25) is 5.91 Å². The lowest BCUT2D eigenvalue weighted by Gasteiger charge is -2.32. The van der Waals surface area contributed by atoms with Crippen molar-refractivity contribution in [3.05, 3.63) is 53.6 Å². The first-order valence-corrected chi connectivity index (χ1v) is 10.8. The van der Waals surface area contributed by atoms with E-state index in [1.807, 2.05) is 48.5 Å². The highest BCUT2D eigenvalue weighted by molar-refractivity contribution is 7.99. The van der Waals surface area contributed by atoms with Crippen LogP contribution in [-0.4, -0.2) is 43.0 Å². The molecule has 29 heavy (non-hydrogen) atoms. The number of urea groups is 1. The van der Waals surface area contributed by atoms with Crippen LogP contribution in [0.4, 0.5) is 10.5 Å². The monoisotopic (exact) mass is 432 g/mol. The molecule has 0 bridgehead atoms. The molecule has 1 aliphatic rings. The van der Waals surface area contributed by atoms with Gasteiger partial charge in [-0.1, -0.05) is 35.5 Å². The minimum Gasteiger partial charge on any atom is -0.352 e. The van der Waals surface area contributed by atoms with Gasteiger partial charge in [-0.3, -0.25) is 9.69 Å². The minimum absolute atomic E-state index is 0.0438. The molecule has 0 aromatic heterocycles. The number of nitrogens with two attached hydrogens (primary N) is 1. The van der Waals surface area contributed by atoms with E-state index in [0.717, 1.165) is 41.4 Å². The van der Waals surface area contributed by atoms with Gasteiger partial charge in [0.15, 0.2) is 0 Å². The molecule has 3 amide bonds. The summed E-state index contributed by atoms with van der Waals surface area (Å²) < 4.78 is 0. The molecule has 0 saturated carbocycles. The van der Waals surface area contributed by atoms with Gasteiger partial charge in [0.05, 0.1) is 12.2 Å². The summed E-state index contributed by atoms with van der Waals surface area (Å²) in [5.41, 5.74) is 5.94. The van der Waals surface area contributed by atoms with Gasteiger partial charge in [0, 0.05) is 27.9 Å². The van der Waals surface area contributed by atoms with Crippen molar-refractivity contribution >= 4 is 41.0 Å². The van der Waals surface area contributed by atoms with E-state index in [1.165, 1.54) is 0 Å². The number of likely N-dealkylation sites (tertiary alicyclic amines) is 1. The van der Waals surface area contributed by atoms with E-state index in [1.54, 1.807) is 11.8 Å². The summed E-state index contributed by atoms with van der Waals surface area (Å²) in [5, 5.41) is 6.40. The number of piperidine rings is 1. The Morgan fingerprint density at radius 2 is 1.93 bits per heavy atom. The molecule has 0 spiro atoms. The predicted octanol–water partition coefficient (Wildman–Crippen LogP) is 3.81. The van der Waals surface area contributed by atoms with E-state index in [0.29, 0.717) is 24.0 Å². The SMILES string of the molecule is NC(=O)NC[C@@H]1CCCN(CC(=O)Nc2ccccc2Sc2ccc(Cl)cc2)C1. The molecule has 1 heterocycles. The number of carbonyl (C=O) groups is 2. The standard InChI is InChI=1S/C21H25ClN4O2S/c22-16-7-9-17(10-8-16)29-19-6-2-1-5-18(19)25-20(27)14-26-11-3-4-15(13-26)12-24-21(23)28/h1-2,5-10,15H,3-4,11-14H2,(H,25,27)(H3,23,24,28)/t15-/m0/s1. The number of nitrogens with zero attached hydrogens (tertiary/aromatic N) is 1. The van der Waals surface area contributed by atoms with Gasteiger partial charge in [0.25, 0.3) is 0 Å². The molecule has 1 atom stereocenters. The summed E-state index contributed by atoms with van der Waals surface area (Å²) in [4.78, 5) is 27.7. The fourth-order valence-corrected chi connectivity index (χ4v) is 4.42. The molecule has 0 aliphatic carbocycles. The first-order valence-electron chi connectivity index (χ1n) is 9.57. The molecule has 1 aliphatic heterocycles. The van der Waals surface area contributed by atoms with E-state index >= 15 is 0 Å². The molecule has 2 aromatic rings. The number of amides is 3. The Labute approximate surface area is 180 Å². The second-order valence-corrected chi connectivity index (χ2v) is 8.64. The number of para-hydroxylation sites is 1. The molecule has 0 radical (unpaired) electrons. The molecule has 1 fully saturated rings. The molecule has 154 valence electrons. The number of primary amides is 1. The molecular weight excluding hydrogens is 408 g/mol. The number of carbonyl (C=O) groups excluding carboxylic acids is 2. The van der Waals surface area contributed by atoms with E-state index in [4.69, 9.17) is 17.3 Å². The Kier molecular flexibility index (Phi) is 7.80. The summed E-state index contributed by atoms with van der Waals surface area (Å²) in [6.07, 6.45) is 2.03. The van der Waals surface area contributed by atoms with E-state index in [-0.39, 0.29) is 5.91 Å². The fraction of sp³-hybridized carbons (Fsp3) is 0.333. The number of nitrogens with one attached hydrogen (secondary N) is 2. The van der Waals surface area contributed by atoms with Gasteiger partial charge in [0.1, 0.15) is 0 Å². The maximum atomic E-state index is 12.6. The zero-order valence-corrected chi connectivity index (χ0v) is 17.6. The van der Waals surface area contributed by atoms with Crippen molar-refractivity contribution in [1.29, 1.82) is 0 Å². The molecular formula is C21H25ClN4O2S. The maximum Gasteiger partial charge on any atom is 0.312 e. The van der Waals surface area contributed by atoms with Crippen LogP contribution in [0.2, 0.25) is 5.02 Å². The second kappa shape index (κ2) is 10.5. The summed E-state index contributed by atoms with van der Waals surface area (Å²) >= 11 is 7.54. The summed E-state index contributed by atoms with van der Waals surface area (Å²) in [5.74, 6) is 0.273. The summed E-state index contributed by atoms with van der Waals surface area (Å²) in [6, 6.07) is 14.9. The van der Waals surface area contributed by atoms with E-state index in [9.17, 15) is 9.59 Å². The van der Waals surface area contributed by atoms with Gasteiger partial charge in [-0.15, -0.1) is 0 Å². The first-order chi connectivity index (χ1) is 14.0. The second-order valence-electron chi connectivity index (χ2n) is 7.09. The number of hydrogen-bond donors (Lipinski definition) is 3. The predicted molar refractivity (Wildman–Crippen MR) is 117 cm³/mol. The summed E-state index contributed by atoms with van der Waals surface area (Å²) in [7, 11) is 0. The van der Waals surface area contributed by atoms with Crippen molar-refractivity contribution in [2.45, 2.75) is 22.6 Å². The normalized spacial score (nSPS) is 16.9.